The molecule has 1 aromatic carbocycles. The molecule has 110 valence electrons. The van der Waals surface area contributed by atoms with Crippen molar-refractivity contribution in [2.45, 2.75) is 13.8 Å². The van der Waals surface area contributed by atoms with Gasteiger partial charge >= 0.3 is 5.69 Å². The minimum atomic E-state index is -0.499. The number of nitrogens with one attached hydrogen (secondary N) is 2. The maximum absolute atomic E-state index is 11.5. The summed E-state index contributed by atoms with van der Waals surface area (Å²) in [7, 11) is 0. The molecule has 0 aliphatic heterocycles. The van der Waals surface area contributed by atoms with E-state index in [1.807, 2.05) is 18.2 Å². The van der Waals surface area contributed by atoms with Crippen LogP contribution in [0.5, 0.6) is 0 Å². The molecule has 0 aliphatic rings. The van der Waals surface area contributed by atoms with Gasteiger partial charge in [0.1, 0.15) is 0 Å². The number of anilines is 1. The minimum absolute atomic E-state index is 0.394. The summed E-state index contributed by atoms with van der Waals surface area (Å²) in [4.78, 5) is 29.4. The quantitative estimate of drug-likeness (QED) is 0.883. The van der Waals surface area contributed by atoms with Crippen LogP contribution in [0.15, 0.2) is 40.1 Å². The van der Waals surface area contributed by atoms with Crippen molar-refractivity contribution in [3.05, 3.63) is 62.4 Å². The highest BCUT2D eigenvalue weighted by Crippen LogP contribution is 2.16. The van der Waals surface area contributed by atoms with Gasteiger partial charge in [-0.3, -0.25) is 9.78 Å². The average molecular weight is 285 g/mol. The Morgan fingerprint density at radius 2 is 1.71 bits per heavy atom. The SMILES string of the molecule is CCN(CC)c1ccc(/C=C/c2c[nH]c(=O)[nH]c2=O)cc1. The van der Waals surface area contributed by atoms with E-state index in [0.717, 1.165) is 18.7 Å². The Morgan fingerprint density at radius 3 is 2.29 bits per heavy atom. The van der Waals surface area contributed by atoms with Crippen LogP contribution in [0.4, 0.5) is 5.69 Å². The van der Waals surface area contributed by atoms with Crippen LogP contribution in [0.25, 0.3) is 12.2 Å². The third-order valence-electron chi connectivity index (χ3n) is 3.33. The van der Waals surface area contributed by atoms with E-state index in [-0.39, 0.29) is 0 Å². The predicted molar refractivity (Wildman–Crippen MR) is 86.6 cm³/mol. The molecule has 0 saturated heterocycles. The number of hydrogen-bond donors (Lipinski definition) is 2. The summed E-state index contributed by atoms with van der Waals surface area (Å²) in [6.45, 7) is 6.19. The Morgan fingerprint density at radius 1 is 1.05 bits per heavy atom. The van der Waals surface area contributed by atoms with Gasteiger partial charge in [-0.1, -0.05) is 18.2 Å². The summed E-state index contributed by atoms with van der Waals surface area (Å²) in [5.41, 5.74) is 1.70. The van der Waals surface area contributed by atoms with Crippen molar-refractivity contribution in [3.63, 3.8) is 0 Å². The smallest absolute Gasteiger partial charge is 0.325 e. The lowest BCUT2D eigenvalue weighted by Crippen LogP contribution is -2.22. The molecule has 1 aromatic heterocycles. The molecule has 2 aromatic rings. The third kappa shape index (κ3) is 3.72. The van der Waals surface area contributed by atoms with Crippen LogP contribution < -0.4 is 16.1 Å². The number of hydrogen-bond acceptors (Lipinski definition) is 3. The van der Waals surface area contributed by atoms with Gasteiger partial charge < -0.3 is 9.88 Å². The standard InChI is InChI=1S/C16H19N3O2/c1-3-19(4-2)14-9-6-12(7-10-14)5-8-13-11-17-16(21)18-15(13)20/h5-11H,3-4H2,1-2H3,(H2,17,18,20,21)/b8-5+. The van der Waals surface area contributed by atoms with Gasteiger partial charge in [-0.25, -0.2) is 4.79 Å². The van der Waals surface area contributed by atoms with Crippen molar-refractivity contribution in [2.24, 2.45) is 0 Å². The molecule has 0 bridgehead atoms. The van der Waals surface area contributed by atoms with E-state index in [1.54, 1.807) is 6.08 Å². The average Bonchev–Trinajstić information content (AvgIpc) is 2.49. The van der Waals surface area contributed by atoms with Crippen LogP contribution >= 0.6 is 0 Å². The first-order valence-electron chi connectivity index (χ1n) is 6.99. The summed E-state index contributed by atoms with van der Waals surface area (Å²) in [6, 6.07) is 8.13. The lowest BCUT2D eigenvalue weighted by Gasteiger charge is -2.20. The lowest BCUT2D eigenvalue weighted by molar-refractivity contribution is 0.866. The van der Waals surface area contributed by atoms with Crippen molar-refractivity contribution >= 4 is 17.8 Å². The van der Waals surface area contributed by atoms with E-state index < -0.39 is 11.2 Å². The highest BCUT2D eigenvalue weighted by molar-refractivity contribution is 5.69. The van der Waals surface area contributed by atoms with E-state index in [1.165, 1.54) is 11.9 Å². The highest BCUT2D eigenvalue weighted by Gasteiger charge is 2.00. The molecule has 0 saturated carbocycles. The van der Waals surface area contributed by atoms with Crippen LogP contribution in [0.3, 0.4) is 0 Å². The number of H-pyrrole nitrogens is 2. The number of nitrogens with zero attached hydrogens (tertiary/aromatic N) is 1. The topological polar surface area (TPSA) is 69.0 Å². The second-order valence-corrected chi connectivity index (χ2v) is 4.62. The van der Waals surface area contributed by atoms with Gasteiger partial charge in [0, 0.05) is 25.0 Å². The molecule has 2 N–H and O–H groups in total. The molecule has 0 radical (unpaired) electrons. The summed E-state index contributed by atoms with van der Waals surface area (Å²) < 4.78 is 0. The predicted octanol–water partition coefficient (Wildman–Crippen LogP) is 2.08. The third-order valence-corrected chi connectivity index (χ3v) is 3.33. The number of benzene rings is 1. The first-order chi connectivity index (χ1) is 10.1. The van der Waals surface area contributed by atoms with Crippen molar-refractivity contribution in [1.82, 2.24) is 9.97 Å². The van der Waals surface area contributed by atoms with Gasteiger partial charge in [0.15, 0.2) is 0 Å². The molecule has 0 unspecified atom stereocenters. The number of aromatic amines is 2. The second kappa shape index (κ2) is 6.74. The number of aromatic nitrogens is 2. The minimum Gasteiger partial charge on any atom is -0.372 e. The van der Waals surface area contributed by atoms with E-state index in [9.17, 15) is 9.59 Å². The van der Waals surface area contributed by atoms with Gasteiger partial charge in [-0.2, -0.15) is 0 Å². The molecule has 0 fully saturated rings. The van der Waals surface area contributed by atoms with Gasteiger partial charge in [-0.15, -0.1) is 0 Å². The van der Waals surface area contributed by atoms with E-state index in [2.05, 4.69) is 40.8 Å². The van der Waals surface area contributed by atoms with Crippen LogP contribution in [0, 0.1) is 0 Å². The molecular formula is C16H19N3O2. The Balaban J connectivity index is 2.18. The Labute approximate surface area is 123 Å². The van der Waals surface area contributed by atoms with E-state index in [0.29, 0.717) is 5.56 Å². The summed E-state index contributed by atoms with van der Waals surface area (Å²) >= 11 is 0. The highest BCUT2D eigenvalue weighted by atomic mass is 16.2. The maximum Gasteiger partial charge on any atom is 0.325 e. The zero-order chi connectivity index (χ0) is 15.2. The molecule has 5 heteroatoms. The summed E-state index contributed by atoms with van der Waals surface area (Å²) in [5, 5.41) is 0. The molecule has 0 aliphatic carbocycles. The Kier molecular flexibility index (Phi) is 4.77. The first kappa shape index (κ1) is 14.8. The fourth-order valence-corrected chi connectivity index (χ4v) is 2.12. The molecule has 5 nitrogen and oxygen atoms in total. The second-order valence-electron chi connectivity index (χ2n) is 4.62. The molecule has 21 heavy (non-hydrogen) atoms. The van der Waals surface area contributed by atoms with Gasteiger partial charge in [0.25, 0.3) is 5.56 Å². The van der Waals surface area contributed by atoms with Gasteiger partial charge in [0.2, 0.25) is 0 Å². The summed E-state index contributed by atoms with van der Waals surface area (Å²) in [6.07, 6.45) is 4.93. The van der Waals surface area contributed by atoms with Crippen LogP contribution in [-0.4, -0.2) is 23.1 Å². The van der Waals surface area contributed by atoms with E-state index >= 15 is 0 Å². The molecule has 2 rings (SSSR count). The fourth-order valence-electron chi connectivity index (χ4n) is 2.12. The van der Waals surface area contributed by atoms with Crippen LogP contribution in [-0.2, 0) is 0 Å². The zero-order valence-electron chi connectivity index (χ0n) is 12.2. The lowest BCUT2D eigenvalue weighted by atomic mass is 10.1. The van der Waals surface area contributed by atoms with Crippen molar-refractivity contribution < 1.29 is 0 Å². The molecule has 0 spiro atoms. The monoisotopic (exact) mass is 285 g/mol. The summed E-state index contributed by atoms with van der Waals surface area (Å²) in [5.74, 6) is 0. The van der Waals surface area contributed by atoms with Crippen LogP contribution in [0.1, 0.15) is 25.0 Å². The largest absolute Gasteiger partial charge is 0.372 e. The zero-order valence-corrected chi connectivity index (χ0v) is 12.2. The first-order valence-corrected chi connectivity index (χ1v) is 6.99. The Hall–Kier alpha value is -2.56. The normalized spacial score (nSPS) is 11.0. The van der Waals surface area contributed by atoms with Crippen LogP contribution in [0.2, 0.25) is 0 Å². The fraction of sp³-hybridized carbons (Fsp3) is 0.250. The Bertz CT molecular complexity index is 722. The van der Waals surface area contributed by atoms with E-state index in [4.69, 9.17) is 0 Å². The molecular weight excluding hydrogens is 266 g/mol. The molecule has 0 amide bonds. The van der Waals surface area contributed by atoms with Gasteiger partial charge in [-0.05, 0) is 37.6 Å². The molecule has 0 atom stereocenters. The van der Waals surface area contributed by atoms with Gasteiger partial charge in [0.05, 0.1) is 5.56 Å². The van der Waals surface area contributed by atoms with Crippen molar-refractivity contribution in [1.29, 1.82) is 0 Å². The number of rotatable bonds is 5. The van der Waals surface area contributed by atoms with Crippen molar-refractivity contribution in [2.75, 3.05) is 18.0 Å². The van der Waals surface area contributed by atoms with Crippen molar-refractivity contribution in [3.8, 4) is 0 Å². The maximum atomic E-state index is 11.5. The molecule has 1 heterocycles.